The quantitative estimate of drug-likeness (QED) is 0.793. The van der Waals surface area contributed by atoms with Crippen molar-refractivity contribution in [3.8, 4) is 0 Å². The number of rotatable bonds is 5. The maximum absolute atomic E-state index is 12.7. The van der Waals surface area contributed by atoms with Gasteiger partial charge in [0.25, 0.3) is 0 Å². The summed E-state index contributed by atoms with van der Waals surface area (Å²) in [5.74, 6) is 1.06. The van der Waals surface area contributed by atoms with Crippen molar-refractivity contribution >= 4 is 11.7 Å². The van der Waals surface area contributed by atoms with E-state index in [-0.39, 0.29) is 5.82 Å². The highest BCUT2D eigenvalue weighted by molar-refractivity contribution is 5.89. The van der Waals surface area contributed by atoms with E-state index in [1.807, 2.05) is 6.92 Å². The van der Waals surface area contributed by atoms with Crippen molar-refractivity contribution in [3.63, 3.8) is 0 Å². The van der Waals surface area contributed by atoms with Crippen molar-refractivity contribution in [2.24, 2.45) is 0 Å². The van der Waals surface area contributed by atoms with Crippen LogP contribution in [0.25, 0.3) is 0 Å². The van der Waals surface area contributed by atoms with Crippen molar-refractivity contribution < 1.29 is 18.7 Å². The van der Waals surface area contributed by atoms with Gasteiger partial charge in [-0.15, -0.1) is 0 Å². The van der Waals surface area contributed by atoms with Crippen LogP contribution in [-0.4, -0.2) is 17.7 Å². The van der Waals surface area contributed by atoms with E-state index in [0.29, 0.717) is 24.4 Å². The van der Waals surface area contributed by atoms with E-state index < -0.39 is 12.1 Å². The number of amides is 2. The highest BCUT2D eigenvalue weighted by Crippen LogP contribution is 2.23. The summed E-state index contributed by atoms with van der Waals surface area (Å²) in [5.41, 5.74) is 1.24. The van der Waals surface area contributed by atoms with E-state index in [1.165, 1.54) is 24.3 Å². The zero-order chi connectivity index (χ0) is 16.1. The van der Waals surface area contributed by atoms with Crippen LogP contribution in [0.5, 0.6) is 0 Å². The molecule has 0 aliphatic heterocycles. The lowest BCUT2D eigenvalue weighted by molar-refractivity contribution is 0.165. The van der Waals surface area contributed by atoms with Crippen LogP contribution in [0, 0.1) is 19.7 Å². The molecule has 2 aromatic rings. The van der Waals surface area contributed by atoms with Crippen molar-refractivity contribution in [1.82, 2.24) is 5.32 Å². The molecule has 1 unspecified atom stereocenters. The van der Waals surface area contributed by atoms with Gasteiger partial charge in [-0.3, -0.25) is 0 Å². The van der Waals surface area contributed by atoms with Crippen LogP contribution in [-0.2, 0) is 0 Å². The van der Waals surface area contributed by atoms with Gasteiger partial charge in [-0.2, -0.15) is 0 Å². The Morgan fingerprint density at radius 3 is 2.59 bits per heavy atom. The van der Waals surface area contributed by atoms with Crippen LogP contribution < -0.4 is 10.6 Å². The van der Waals surface area contributed by atoms with Gasteiger partial charge in [-0.25, -0.2) is 9.18 Å². The molecule has 1 atom stereocenters. The zero-order valence-corrected chi connectivity index (χ0v) is 12.5. The Balaban J connectivity index is 1.77. The molecule has 0 spiro atoms. The van der Waals surface area contributed by atoms with Gasteiger partial charge in [0, 0.05) is 17.8 Å². The number of hydrogen-bond acceptors (Lipinski definition) is 3. The minimum Gasteiger partial charge on any atom is -0.466 e. The molecule has 0 saturated heterocycles. The van der Waals surface area contributed by atoms with E-state index in [2.05, 4.69) is 10.6 Å². The summed E-state index contributed by atoms with van der Waals surface area (Å²) in [6.07, 6.45) is -0.319. The first-order valence-corrected chi connectivity index (χ1v) is 7.01. The molecule has 6 heteroatoms. The van der Waals surface area contributed by atoms with Gasteiger partial charge in [0.1, 0.15) is 17.3 Å². The molecule has 0 aliphatic rings. The molecule has 118 valence electrons. The number of furan rings is 1. The minimum absolute atomic E-state index is 0.303. The summed E-state index contributed by atoms with van der Waals surface area (Å²) in [5, 5.41) is 15.3. The average molecular weight is 306 g/mol. The Bertz CT molecular complexity index is 637. The first kappa shape index (κ1) is 16.0. The molecule has 0 saturated carbocycles. The second kappa shape index (κ2) is 7.09. The summed E-state index contributed by atoms with van der Waals surface area (Å²) >= 11 is 0. The Morgan fingerprint density at radius 2 is 2.00 bits per heavy atom. The summed E-state index contributed by atoms with van der Waals surface area (Å²) in [6.45, 7) is 3.91. The molecule has 1 heterocycles. The SMILES string of the molecule is Cc1cc(C(O)CCNC(=O)Nc2ccc(F)cc2)c(C)o1. The Labute approximate surface area is 128 Å². The fourth-order valence-corrected chi connectivity index (χ4v) is 2.17. The van der Waals surface area contributed by atoms with E-state index in [9.17, 15) is 14.3 Å². The number of aryl methyl sites for hydroxylation is 2. The van der Waals surface area contributed by atoms with Crippen LogP contribution in [0.3, 0.4) is 0 Å². The largest absolute Gasteiger partial charge is 0.466 e. The molecule has 2 rings (SSSR count). The van der Waals surface area contributed by atoms with Gasteiger partial charge in [-0.05, 0) is 50.6 Å². The molecule has 5 nitrogen and oxygen atoms in total. The molecular weight excluding hydrogens is 287 g/mol. The number of nitrogens with one attached hydrogen (secondary N) is 2. The molecule has 3 N–H and O–H groups in total. The second-order valence-corrected chi connectivity index (χ2v) is 5.06. The van der Waals surface area contributed by atoms with Crippen molar-refractivity contribution in [2.75, 3.05) is 11.9 Å². The molecule has 22 heavy (non-hydrogen) atoms. The lowest BCUT2D eigenvalue weighted by Crippen LogP contribution is -2.30. The van der Waals surface area contributed by atoms with Crippen LogP contribution in [0.4, 0.5) is 14.9 Å². The van der Waals surface area contributed by atoms with Crippen LogP contribution in [0.2, 0.25) is 0 Å². The number of carbonyl (C=O) groups is 1. The van der Waals surface area contributed by atoms with Gasteiger partial charge < -0.3 is 20.2 Å². The molecule has 0 fully saturated rings. The van der Waals surface area contributed by atoms with E-state index >= 15 is 0 Å². The number of halogens is 1. The summed E-state index contributed by atoms with van der Waals surface area (Å²) < 4.78 is 18.1. The molecule has 0 aliphatic carbocycles. The number of aliphatic hydroxyl groups is 1. The Kier molecular flexibility index (Phi) is 5.16. The first-order valence-electron chi connectivity index (χ1n) is 7.01. The van der Waals surface area contributed by atoms with Gasteiger partial charge in [0.2, 0.25) is 0 Å². The lowest BCUT2D eigenvalue weighted by Gasteiger charge is -2.11. The smallest absolute Gasteiger partial charge is 0.319 e. The topological polar surface area (TPSA) is 74.5 Å². The maximum atomic E-state index is 12.7. The van der Waals surface area contributed by atoms with Gasteiger partial charge in [-0.1, -0.05) is 0 Å². The number of hydrogen-bond donors (Lipinski definition) is 3. The first-order chi connectivity index (χ1) is 10.5. The summed E-state index contributed by atoms with van der Waals surface area (Å²) in [4.78, 5) is 11.7. The predicted octanol–water partition coefficient (Wildman–Crippen LogP) is 3.28. The monoisotopic (exact) mass is 306 g/mol. The molecular formula is C16H19FN2O3. The number of urea groups is 1. The molecule has 0 bridgehead atoms. The number of aliphatic hydroxyl groups excluding tert-OH is 1. The number of carbonyl (C=O) groups excluding carboxylic acids is 1. The second-order valence-electron chi connectivity index (χ2n) is 5.06. The average Bonchev–Trinajstić information content (AvgIpc) is 2.80. The van der Waals surface area contributed by atoms with Gasteiger partial charge in [0.15, 0.2) is 0 Å². The Morgan fingerprint density at radius 1 is 1.32 bits per heavy atom. The molecule has 1 aromatic heterocycles. The highest BCUT2D eigenvalue weighted by atomic mass is 19.1. The van der Waals surface area contributed by atoms with Crippen LogP contribution in [0.1, 0.15) is 29.6 Å². The van der Waals surface area contributed by atoms with Crippen molar-refractivity contribution in [2.45, 2.75) is 26.4 Å². The third-order valence-corrected chi connectivity index (χ3v) is 3.24. The van der Waals surface area contributed by atoms with Crippen molar-refractivity contribution in [1.29, 1.82) is 0 Å². The van der Waals surface area contributed by atoms with Crippen LogP contribution in [0.15, 0.2) is 34.7 Å². The number of anilines is 1. The third kappa shape index (κ3) is 4.33. The van der Waals surface area contributed by atoms with E-state index in [1.54, 1.807) is 13.0 Å². The van der Waals surface area contributed by atoms with E-state index in [0.717, 1.165) is 11.3 Å². The zero-order valence-electron chi connectivity index (χ0n) is 12.5. The maximum Gasteiger partial charge on any atom is 0.319 e. The van der Waals surface area contributed by atoms with Crippen LogP contribution >= 0.6 is 0 Å². The van der Waals surface area contributed by atoms with E-state index in [4.69, 9.17) is 4.42 Å². The number of benzene rings is 1. The molecule has 2 amide bonds. The van der Waals surface area contributed by atoms with Crippen molar-refractivity contribution in [3.05, 3.63) is 53.2 Å². The van der Waals surface area contributed by atoms with Gasteiger partial charge in [0.05, 0.1) is 6.10 Å². The predicted molar refractivity (Wildman–Crippen MR) is 81.2 cm³/mol. The summed E-state index contributed by atoms with van der Waals surface area (Å²) in [7, 11) is 0. The standard InChI is InChI=1S/C16H19FN2O3/c1-10-9-14(11(2)22-10)15(20)7-8-18-16(21)19-13-5-3-12(17)4-6-13/h3-6,9,15,20H,7-8H2,1-2H3,(H2,18,19,21). The fourth-order valence-electron chi connectivity index (χ4n) is 2.17. The minimum atomic E-state index is -0.691. The molecule has 1 aromatic carbocycles. The molecule has 0 radical (unpaired) electrons. The summed E-state index contributed by atoms with van der Waals surface area (Å²) in [6, 6.07) is 6.87. The Hall–Kier alpha value is -2.34. The lowest BCUT2D eigenvalue weighted by atomic mass is 10.1. The third-order valence-electron chi connectivity index (χ3n) is 3.24. The van der Waals surface area contributed by atoms with Gasteiger partial charge >= 0.3 is 6.03 Å². The highest BCUT2D eigenvalue weighted by Gasteiger charge is 2.14. The fraction of sp³-hybridized carbons (Fsp3) is 0.312. The normalized spacial score (nSPS) is 12.0.